The molecular weight excluding hydrogens is 200 g/mol. The zero-order valence-electron chi connectivity index (χ0n) is 10.9. The molecule has 0 aromatic heterocycles. The summed E-state index contributed by atoms with van der Waals surface area (Å²) in [7, 11) is 2.29. The van der Waals surface area contributed by atoms with Gasteiger partial charge in [0.25, 0.3) is 0 Å². The molecule has 0 aromatic rings. The maximum absolute atomic E-state index is 5.55. The lowest BCUT2D eigenvalue weighted by molar-refractivity contribution is 0.0679. The largest absolute Gasteiger partial charge is 0.377 e. The van der Waals surface area contributed by atoms with E-state index in [2.05, 4.69) is 31.1 Å². The maximum Gasteiger partial charge on any atom is 0.0671 e. The Bertz CT molecular complexity index is 208. The van der Waals surface area contributed by atoms with Crippen LogP contribution in [0.5, 0.6) is 0 Å². The molecule has 3 nitrogen and oxygen atoms in total. The Morgan fingerprint density at radius 3 is 2.50 bits per heavy atom. The van der Waals surface area contributed by atoms with Crippen LogP contribution in [0.4, 0.5) is 0 Å². The predicted molar refractivity (Wildman–Crippen MR) is 66.7 cm³/mol. The zero-order valence-corrected chi connectivity index (χ0v) is 10.9. The summed E-state index contributed by atoms with van der Waals surface area (Å²) in [4.78, 5) is 2.59. The molecule has 0 aliphatic carbocycles. The maximum atomic E-state index is 5.55. The Kier molecular flexibility index (Phi) is 4.22. The summed E-state index contributed by atoms with van der Waals surface area (Å²) in [5, 5.41) is 3.68. The summed E-state index contributed by atoms with van der Waals surface area (Å²) in [6, 6.07) is 2.38. The van der Waals surface area contributed by atoms with E-state index < -0.39 is 0 Å². The molecule has 3 atom stereocenters. The first kappa shape index (κ1) is 12.3. The predicted octanol–water partition coefficient (Wildman–Crippen LogP) is 1.63. The lowest BCUT2D eigenvalue weighted by Crippen LogP contribution is -2.48. The molecule has 2 bridgehead atoms. The van der Waals surface area contributed by atoms with Crippen LogP contribution in [0.1, 0.15) is 39.5 Å². The molecule has 1 N–H and O–H groups in total. The van der Waals surface area contributed by atoms with E-state index in [9.17, 15) is 0 Å². The van der Waals surface area contributed by atoms with E-state index in [1.54, 1.807) is 0 Å². The quantitative estimate of drug-likeness (QED) is 0.771. The summed E-state index contributed by atoms with van der Waals surface area (Å²) in [6.07, 6.45) is 5.81. The van der Waals surface area contributed by atoms with Crippen molar-refractivity contribution in [3.05, 3.63) is 0 Å². The highest BCUT2D eigenvalue weighted by molar-refractivity contribution is 4.95. The number of rotatable bonds is 5. The third kappa shape index (κ3) is 2.76. The summed E-state index contributed by atoms with van der Waals surface area (Å²) >= 11 is 0. The number of nitrogens with one attached hydrogen (secondary N) is 1. The van der Waals surface area contributed by atoms with Crippen LogP contribution < -0.4 is 5.32 Å². The van der Waals surface area contributed by atoms with Crippen LogP contribution in [-0.4, -0.2) is 49.3 Å². The number of nitrogens with zero attached hydrogens (tertiary/aromatic N) is 1. The van der Waals surface area contributed by atoms with Gasteiger partial charge >= 0.3 is 0 Å². The molecule has 0 saturated carbocycles. The first-order valence-electron chi connectivity index (χ1n) is 6.77. The van der Waals surface area contributed by atoms with E-state index in [0.29, 0.717) is 6.10 Å². The van der Waals surface area contributed by atoms with Crippen LogP contribution in [-0.2, 0) is 4.74 Å². The molecule has 0 spiro atoms. The van der Waals surface area contributed by atoms with Crippen molar-refractivity contribution in [3.63, 3.8) is 0 Å². The standard InChI is InChI=1S/C13H26N2O/c1-4-16-10(2)9-14-11-7-12-5-6-13(8-11)15(12)3/h10-14H,4-9H2,1-3H3. The second kappa shape index (κ2) is 5.48. The van der Waals surface area contributed by atoms with Crippen molar-refractivity contribution in [1.82, 2.24) is 10.2 Å². The average Bonchev–Trinajstić information content (AvgIpc) is 2.52. The summed E-state index contributed by atoms with van der Waals surface area (Å²) < 4.78 is 5.55. The fourth-order valence-corrected chi connectivity index (χ4v) is 3.25. The lowest BCUT2D eigenvalue weighted by Gasteiger charge is -2.37. The van der Waals surface area contributed by atoms with E-state index in [1.807, 2.05) is 0 Å². The number of hydrogen-bond acceptors (Lipinski definition) is 3. The lowest BCUT2D eigenvalue weighted by atomic mass is 9.98. The van der Waals surface area contributed by atoms with Gasteiger partial charge in [-0.1, -0.05) is 0 Å². The Hall–Kier alpha value is -0.120. The zero-order chi connectivity index (χ0) is 11.5. The third-order valence-corrected chi connectivity index (χ3v) is 4.24. The second-order valence-corrected chi connectivity index (χ2v) is 5.39. The van der Waals surface area contributed by atoms with Crippen molar-refractivity contribution in [1.29, 1.82) is 0 Å². The van der Waals surface area contributed by atoms with Crippen LogP contribution in [0.2, 0.25) is 0 Å². The van der Waals surface area contributed by atoms with Crippen LogP contribution in [0.3, 0.4) is 0 Å². The Morgan fingerprint density at radius 1 is 1.31 bits per heavy atom. The smallest absolute Gasteiger partial charge is 0.0671 e. The van der Waals surface area contributed by atoms with Gasteiger partial charge in [-0.15, -0.1) is 0 Å². The van der Waals surface area contributed by atoms with E-state index >= 15 is 0 Å². The van der Waals surface area contributed by atoms with Gasteiger partial charge in [-0.25, -0.2) is 0 Å². The van der Waals surface area contributed by atoms with Gasteiger partial charge in [-0.3, -0.25) is 0 Å². The highest BCUT2D eigenvalue weighted by Gasteiger charge is 2.38. The van der Waals surface area contributed by atoms with Gasteiger partial charge in [-0.05, 0) is 46.6 Å². The molecule has 2 aliphatic heterocycles. The molecule has 0 aromatic carbocycles. The Morgan fingerprint density at radius 2 is 1.94 bits per heavy atom. The minimum atomic E-state index is 0.349. The van der Waals surface area contributed by atoms with Gasteiger partial charge in [0.15, 0.2) is 0 Å². The first-order valence-corrected chi connectivity index (χ1v) is 6.77. The van der Waals surface area contributed by atoms with Crippen LogP contribution in [0, 0.1) is 0 Å². The van der Waals surface area contributed by atoms with E-state index in [-0.39, 0.29) is 0 Å². The summed E-state index contributed by atoms with van der Waals surface area (Å²) in [6.45, 7) is 6.04. The highest BCUT2D eigenvalue weighted by Crippen LogP contribution is 2.34. The molecule has 3 unspecified atom stereocenters. The second-order valence-electron chi connectivity index (χ2n) is 5.39. The average molecular weight is 226 g/mol. The number of fused-ring (bicyclic) bond motifs is 2. The molecule has 2 heterocycles. The van der Waals surface area contributed by atoms with Crippen molar-refractivity contribution in [3.8, 4) is 0 Å². The number of piperidine rings is 1. The normalized spacial score (nSPS) is 36.6. The molecule has 94 valence electrons. The third-order valence-electron chi connectivity index (χ3n) is 4.24. The molecule has 0 amide bonds. The van der Waals surface area contributed by atoms with Crippen LogP contribution in [0.25, 0.3) is 0 Å². The van der Waals surface area contributed by atoms with Crippen molar-refractivity contribution >= 4 is 0 Å². The molecule has 2 saturated heterocycles. The molecule has 0 radical (unpaired) electrons. The molecule has 3 heteroatoms. The minimum absolute atomic E-state index is 0.349. The Balaban J connectivity index is 1.72. The fourth-order valence-electron chi connectivity index (χ4n) is 3.25. The van der Waals surface area contributed by atoms with Crippen molar-refractivity contribution in [2.24, 2.45) is 0 Å². The van der Waals surface area contributed by atoms with E-state index in [1.165, 1.54) is 25.7 Å². The molecular formula is C13H26N2O. The van der Waals surface area contributed by atoms with Crippen molar-refractivity contribution in [2.75, 3.05) is 20.2 Å². The topological polar surface area (TPSA) is 24.5 Å². The first-order chi connectivity index (χ1) is 7.70. The SMILES string of the molecule is CCOC(C)CNC1CC2CCC(C1)N2C. The van der Waals surface area contributed by atoms with Gasteiger partial charge in [0.2, 0.25) is 0 Å². The van der Waals surface area contributed by atoms with Crippen molar-refractivity contribution in [2.45, 2.75) is 63.8 Å². The van der Waals surface area contributed by atoms with Crippen molar-refractivity contribution < 1.29 is 4.74 Å². The molecule has 2 aliphatic rings. The van der Waals surface area contributed by atoms with Gasteiger partial charge in [0, 0.05) is 31.3 Å². The molecule has 2 fully saturated rings. The summed E-state index contributed by atoms with van der Waals surface area (Å²) in [5.41, 5.74) is 0. The van der Waals surface area contributed by atoms with Gasteiger partial charge in [0.05, 0.1) is 6.10 Å². The monoisotopic (exact) mass is 226 g/mol. The Labute approximate surface area is 99.5 Å². The van der Waals surface area contributed by atoms with Crippen LogP contribution >= 0.6 is 0 Å². The van der Waals surface area contributed by atoms with Crippen LogP contribution in [0.15, 0.2) is 0 Å². The fraction of sp³-hybridized carbons (Fsp3) is 1.00. The minimum Gasteiger partial charge on any atom is -0.377 e. The number of hydrogen-bond donors (Lipinski definition) is 1. The van der Waals surface area contributed by atoms with E-state index in [0.717, 1.165) is 31.3 Å². The number of ether oxygens (including phenoxy) is 1. The van der Waals surface area contributed by atoms with Gasteiger partial charge < -0.3 is 15.0 Å². The van der Waals surface area contributed by atoms with Gasteiger partial charge in [0.1, 0.15) is 0 Å². The highest BCUT2D eigenvalue weighted by atomic mass is 16.5. The molecule has 2 rings (SSSR count). The molecule has 16 heavy (non-hydrogen) atoms. The summed E-state index contributed by atoms with van der Waals surface area (Å²) in [5.74, 6) is 0. The van der Waals surface area contributed by atoms with Gasteiger partial charge in [-0.2, -0.15) is 0 Å². The van der Waals surface area contributed by atoms with E-state index in [4.69, 9.17) is 4.74 Å².